The van der Waals surface area contributed by atoms with Gasteiger partial charge in [0.15, 0.2) is 16.6 Å². The molecule has 140 valence electrons. The third-order valence-corrected chi connectivity index (χ3v) is 5.66. The van der Waals surface area contributed by atoms with Crippen LogP contribution in [-0.4, -0.2) is 44.9 Å². The van der Waals surface area contributed by atoms with Gasteiger partial charge in [-0.25, -0.2) is 4.98 Å². The normalized spacial score (nSPS) is 12.7. The summed E-state index contributed by atoms with van der Waals surface area (Å²) < 4.78 is 11.8. The number of anilines is 1. The van der Waals surface area contributed by atoms with Crippen LogP contribution in [0, 0.1) is 0 Å². The molecule has 0 spiro atoms. The summed E-state index contributed by atoms with van der Waals surface area (Å²) in [6, 6.07) is 10.9. The number of hydrogen-bond donors (Lipinski definition) is 1. The van der Waals surface area contributed by atoms with Crippen LogP contribution in [0.5, 0.6) is 11.5 Å². The number of nitrogens with zero attached hydrogens (tertiary/aromatic N) is 2. The van der Waals surface area contributed by atoms with Gasteiger partial charge in [0.05, 0.1) is 48.0 Å². The maximum absolute atomic E-state index is 13.2. The molecule has 1 amide bonds. The first-order valence-corrected chi connectivity index (χ1v) is 9.78. The molecule has 1 aliphatic heterocycles. The van der Waals surface area contributed by atoms with Crippen molar-refractivity contribution in [3.8, 4) is 11.5 Å². The molecule has 2 heterocycles. The Kier molecular flexibility index (Phi) is 4.90. The molecule has 0 fully saturated rings. The van der Waals surface area contributed by atoms with Crippen LogP contribution in [0.3, 0.4) is 0 Å². The number of thiazole rings is 1. The molecular formula is C19H19ClN3O3S+. The first kappa shape index (κ1) is 18.0. The molecule has 4 rings (SSSR count). The van der Waals surface area contributed by atoms with Crippen LogP contribution in [0.15, 0.2) is 36.4 Å². The maximum atomic E-state index is 13.2. The zero-order valence-electron chi connectivity index (χ0n) is 15.0. The number of quaternary nitrogens is 1. The predicted octanol–water partition coefficient (Wildman–Crippen LogP) is 2.47. The summed E-state index contributed by atoms with van der Waals surface area (Å²) in [7, 11) is 4.10. The van der Waals surface area contributed by atoms with Gasteiger partial charge in [-0.15, -0.1) is 0 Å². The van der Waals surface area contributed by atoms with Crippen molar-refractivity contribution >= 4 is 44.2 Å². The number of benzene rings is 2. The number of rotatable bonds is 5. The summed E-state index contributed by atoms with van der Waals surface area (Å²) in [5, 5.41) is 1.08. The van der Waals surface area contributed by atoms with Gasteiger partial charge < -0.3 is 14.4 Å². The lowest BCUT2D eigenvalue weighted by molar-refractivity contribution is -0.856. The highest BCUT2D eigenvalue weighted by atomic mass is 35.5. The Morgan fingerprint density at radius 3 is 2.74 bits per heavy atom. The third-order valence-electron chi connectivity index (χ3n) is 4.29. The molecule has 0 bridgehead atoms. The fourth-order valence-electron chi connectivity index (χ4n) is 2.82. The Morgan fingerprint density at radius 2 is 2.00 bits per heavy atom. The van der Waals surface area contributed by atoms with E-state index in [0.717, 1.165) is 16.8 Å². The monoisotopic (exact) mass is 404 g/mol. The number of hydrogen-bond acceptors (Lipinski definition) is 5. The molecule has 3 aromatic rings. The van der Waals surface area contributed by atoms with Crippen LogP contribution < -0.4 is 19.3 Å². The number of ether oxygens (including phenoxy) is 2. The summed E-state index contributed by atoms with van der Waals surface area (Å²) in [6.45, 7) is 1.55. The Morgan fingerprint density at radius 1 is 1.26 bits per heavy atom. The van der Waals surface area contributed by atoms with Crippen LogP contribution in [0.4, 0.5) is 5.13 Å². The molecular weight excluding hydrogens is 386 g/mol. The fraction of sp³-hybridized carbons (Fsp3) is 0.263. The van der Waals surface area contributed by atoms with E-state index < -0.39 is 0 Å². The summed E-state index contributed by atoms with van der Waals surface area (Å²) in [5.41, 5.74) is 1.26. The van der Waals surface area contributed by atoms with Crippen molar-refractivity contribution < 1.29 is 19.2 Å². The Bertz CT molecular complexity index is 964. The topological polar surface area (TPSA) is 56.1 Å². The smallest absolute Gasteiger partial charge is 0.261 e. The van der Waals surface area contributed by atoms with Crippen molar-refractivity contribution in [2.75, 3.05) is 38.9 Å². The van der Waals surface area contributed by atoms with Crippen molar-refractivity contribution in [1.29, 1.82) is 0 Å². The highest BCUT2D eigenvalue weighted by Gasteiger charge is 2.25. The number of carbonyl (C=O) groups is 1. The fourth-order valence-corrected chi connectivity index (χ4v) is 4.04. The molecule has 1 aliphatic rings. The van der Waals surface area contributed by atoms with E-state index in [-0.39, 0.29) is 12.7 Å². The van der Waals surface area contributed by atoms with Crippen LogP contribution in [-0.2, 0) is 0 Å². The highest BCUT2D eigenvalue weighted by molar-refractivity contribution is 7.22. The number of fused-ring (bicyclic) bond motifs is 2. The summed E-state index contributed by atoms with van der Waals surface area (Å²) in [4.78, 5) is 20.8. The van der Waals surface area contributed by atoms with Crippen LogP contribution >= 0.6 is 22.9 Å². The largest absolute Gasteiger partial charge is 0.454 e. The lowest BCUT2D eigenvalue weighted by Crippen LogP contribution is -3.06. The SMILES string of the molecule is C[NH+](C)CCN(C(=O)c1ccccc1Cl)c1nc2cc3c(cc2s1)OCO3. The van der Waals surface area contributed by atoms with Crippen molar-refractivity contribution in [2.45, 2.75) is 0 Å². The molecule has 0 saturated carbocycles. The number of aromatic nitrogens is 1. The van der Waals surface area contributed by atoms with E-state index in [1.165, 1.54) is 16.2 Å². The van der Waals surface area contributed by atoms with Crippen molar-refractivity contribution in [2.24, 2.45) is 0 Å². The maximum Gasteiger partial charge on any atom is 0.261 e. The van der Waals surface area contributed by atoms with E-state index in [0.29, 0.717) is 33.8 Å². The molecule has 0 atom stereocenters. The third kappa shape index (κ3) is 3.58. The van der Waals surface area contributed by atoms with E-state index in [1.54, 1.807) is 17.0 Å². The number of amides is 1. The number of halogens is 1. The summed E-state index contributed by atoms with van der Waals surface area (Å²) in [5.74, 6) is 1.24. The first-order valence-electron chi connectivity index (χ1n) is 8.58. The molecule has 0 aliphatic carbocycles. The zero-order chi connectivity index (χ0) is 19.0. The van der Waals surface area contributed by atoms with Gasteiger partial charge in [0.25, 0.3) is 5.91 Å². The van der Waals surface area contributed by atoms with Crippen molar-refractivity contribution in [3.63, 3.8) is 0 Å². The van der Waals surface area contributed by atoms with Gasteiger partial charge in [-0.1, -0.05) is 35.1 Å². The van der Waals surface area contributed by atoms with E-state index in [4.69, 9.17) is 21.1 Å². The zero-order valence-corrected chi connectivity index (χ0v) is 16.6. The average molecular weight is 405 g/mol. The second kappa shape index (κ2) is 7.34. The standard InChI is InChI=1S/C19H18ClN3O3S/c1-22(2)7-8-23(18(24)12-5-3-4-6-13(12)20)19-21-14-9-15-16(26-11-25-15)10-17(14)27-19/h3-6,9-10H,7-8,11H2,1-2H3/p+1. The lowest BCUT2D eigenvalue weighted by atomic mass is 10.2. The lowest BCUT2D eigenvalue weighted by Gasteiger charge is -2.21. The predicted molar refractivity (Wildman–Crippen MR) is 107 cm³/mol. The number of carbonyl (C=O) groups excluding carboxylic acids is 1. The van der Waals surface area contributed by atoms with Gasteiger partial charge in [-0.2, -0.15) is 0 Å². The first-order chi connectivity index (χ1) is 13.0. The Labute approximate surface area is 165 Å². The minimum absolute atomic E-state index is 0.152. The van der Waals surface area contributed by atoms with E-state index in [1.807, 2.05) is 24.3 Å². The molecule has 0 saturated heterocycles. The number of likely N-dealkylation sites (N-methyl/N-ethyl adjacent to an activating group) is 1. The minimum atomic E-state index is -0.152. The summed E-state index contributed by atoms with van der Waals surface area (Å²) in [6.07, 6.45) is 0. The second-order valence-corrected chi connectivity index (χ2v) is 7.98. The van der Waals surface area contributed by atoms with Gasteiger partial charge in [0, 0.05) is 12.1 Å². The Balaban J connectivity index is 1.73. The molecule has 8 heteroatoms. The van der Waals surface area contributed by atoms with E-state index in [9.17, 15) is 4.79 Å². The van der Waals surface area contributed by atoms with Gasteiger partial charge in [0.2, 0.25) is 6.79 Å². The van der Waals surface area contributed by atoms with Crippen LogP contribution in [0.2, 0.25) is 5.02 Å². The van der Waals surface area contributed by atoms with Gasteiger partial charge >= 0.3 is 0 Å². The summed E-state index contributed by atoms with van der Waals surface area (Å²) >= 11 is 7.72. The molecule has 0 unspecified atom stereocenters. The molecule has 27 heavy (non-hydrogen) atoms. The van der Waals surface area contributed by atoms with E-state index in [2.05, 4.69) is 19.1 Å². The molecule has 1 N–H and O–H groups in total. The molecule has 1 aromatic heterocycles. The quantitative estimate of drug-likeness (QED) is 0.709. The van der Waals surface area contributed by atoms with Gasteiger partial charge in [0.1, 0.15) is 0 Å². The molecule has 2 aromatic carbocycles. The highest BCUT2D eigenvalue weighted by Crippen LogP contribution is 2.40. The minimum Gasteiger partial charge on any atom is -0.454 e. The van der Waals surface area contributed by atoms with E-state index >= 15 is 0 Å². The molecule has 0 radical (unpaired) electrons. The van der Waals surface area contributed by atoms with Crippen LogP contribution in [0.25, 0.3) is 10.2 Å². The average Bonchev–Trinajstić information content (AvgIpc) is 3.25. The Hall–Kier alpha value is -2.35. The van der Waals surface area contributed by atoms with Gasteiger partial charge in [-0.05, 0) is 12.1 Å². The number of nitrogens with one attached hydrogen (secondary N) is 1. The van der Waals surface area contributed by atoms with Crippen molar-refractivity contribution in [3.05, 3.63) is 47.0 Å². The van der Waals surface area contributed by atoms with Crippen LogP contribution in [0.1, 0.15) is 10.4 Å². The van der Waals surface area contributed by atoms with Crippen molar-refractivity contribution in [1.82, 2.24) is 4.98 Å². The second-order valence-electron chi connectivity index (χ2n) is 6.56. The van der Waals surface area contributed by atoms with Gasteiger partial charge in [-0.3, -0.25) is 9.69 Å². The molecule has 6 nitrogen and oxygen atoms in total.